The third kappa shape index (κ3) is 11.4. The number of aromatic nitrogens is 2. The van der Waals surface area contributed by atoms with E-state index >= 15 is 0 Å². The second-order valence-electron chi connectivity index (χ2n) is 4.22. The molecule has 1 rings (SSSR count). The molecule has 0 saturated carbocycles. The average Bonchev–Trinajstić information content (AvgIpc) is 2.87. The number of ether oxygens (including phenoxy) is 1. The average molecular weight is 272 g/mol. The molecule has 6 nitrogen and oxygen atoms in total. The fraction of sp³-hybridized carbons (Fsp3) is 0.692. The first-order chi connectivity index (χ1) is 9.07. The lowest BCUT2D eigenvalue weighted by Crippen LogP contribution is -2.32. The molecule has 0 aromatic carbocycles. The van der Waals surface area contributed by atoms with Gasteiger partial charge in [-0.05, 0) is 13.3 Å². The van der Waals surface area contributed by atoms with E-state index in [0.29, 0.717) is 6.73 Å². The van der Waals surface area contributed by atoms with Gasteiger partial charge < -0.3 is 19.7 Å². The maximum absolute atomic E-state index is 9.34. The second-order valence-corrected chi connectivity index (χ2v) is 4.22. The quantitative estimate of drug-likeness (QED) is 0.514. The lowest BCUT2D eigenvalue weighted by Gasteiger charge is -2.00. The van der Waals surface area contributed by atoms with Crippen molar-refractivity contribution in [1.82, 2.24) is 4.98 Å². The molecule has 0 amide bonds. The third-order valence-corrected chi connectivity index (χ3v) is 2.33. The van der Waals surface area contributed by atoms with E-state index in [0.717, 1.165) is 13.5 Å². The molecule has 110 valence electrons. The van der Waals surface area contributed by atoms with Crippen LogP contribution in [0, 0.1) is 0 Å². The molecule has 0 fully saturated rings. The lowest BCUT2D eigenvalue weighted by atomic mass is 10.2. The van der Waals surface area contributed by atoms with Crippen LogP contribution in [-0.2, 0) is 16.3 Å². The zero-order chi connectivity index (χ0) is 14.5. The molecular formula is C13H24N2O4. The summed E-state index contributed by atoms with van der Waals surface area (Å²) in [5.74, 6) is -1.44. The Bertz CT molecular complexity index is 312. The number of aromatic amines is 1. The van der Waals surface area contributed by atoms with Crippen LogP contribution in [0.5, 0.6) is 0 Å². The van der Waals surface area contributed by atoms with Crippen LogP contribution in [0.15, 0.2) is 18.7 Å². The monoisotopic (exact) mass is 272 g/mol. The van der Waals surface area contributed by atoms with Gasteiger partial charge >= 0.3 is 0 Å². The fourth-order valence-electron chi connectivity index (χ4n) is 1.20. The van der Waals surface area contributed by atoms with Crippen molar-refractivity contribution in [2.45, 2.75) is 52.4 Å². The van der Waals surface area contributed by atoms with Crippen LogP contribution < -0.4 is 9.67 Å². The van der Waals surface area contributed by atoms with Gasteiger partial charge in [0, 0.05) is 0 Å². The van der Waals surface area contributed by atoms with Crippen molar-refractivity contribution < 1.29 is 24.3 Å². The maximum Gasteiger partial charge on any atom is 0.243 e. The van der Waals surface area contributed by atoms with Crippen LogP contribution in [-0.4, -0.2) is 28.8 Å². The zero-order valence-corrected chi connectivity index (χ0v) is 11.7. The molecule has 1 atom stereocenters. The Kier molecular flexibility index (Phi) is 10.8. The summed E-state index contributed by atoms with van der Waals surface area (Å²) in [7, 11) is 0. The number of carboxylic acids is 1. The number of carbonyl (C=O) groups is 1. The summed E-state index contributed by atoms with van der Waals surface area (Å²) < 4.78 is 7.45. The van der Waals surface area contributed by atoms with Gasteiger partial charge in [0.05, 0.1) is 18.7 Å². The molecule has 0 aliphatic carbocycles. The molecule has 1 unspecified atom stereocenters. The van der Waals surface area contributed by atoms with Gasteiger partial charge in [-0.3, -0.25) is 4.98 Å². The number of carbonyl (C=O) groups excluding carboxylic acids is 1. The van der Waals surface area contributed by atoms with Gasteiger partial charge in [0.2, 0.25) is 6.33 Å². The van der Waals surface area contributed by atoms with Crippen LogP contribution in [0.25, 0.3) is 0 Å². The van der Waals surface area contributed by atoms with Gasteiger partial charge in [0.1, 0.15) is 12.4 Å². The number of aliphatic carboxylic acids is 1. The fourth-order valence-corrected chi connectivity index (χ4v) is 1.20. The molecule has 0 aliphatic rings. The first-order valence-corrected chi connectivity index (χ1v) is 6.56. The number of imidazole rings is 1. The molecule has 0 radical (unpaired) electrons. The number of nitrogens with one attached hydrogen (secondary N) is 1. The van der Waals surface area contributed by atoms with Crippen molar-refractivity contribution in [2.75, 3.05) is 6.61 Å². The van der Waals surface area contributed by atoms with Crippen molar-refractivity contribution in [3.63, 3.8) is 0 Å². The summed E-state index contributed by atoms with van der Waals surface area (Å²) in [5.41, 5.74) is 0. The van der Waals surface area contributed by atoms with E-state index in [1.54, 1.807) is 0 Å². The van der Waals surface area contributed by atoms with Crippen LogP contribution in [0.1, 0.15) is 39.5 Å². The van der Waals surface area contributed by atoms with Gasteiger partial charge in [-0.15, -0.1) is 0 Å². The Balaban J connectivity index is 0.000000459. The predicted octanol–water partition coefficient (Wildman–Crippen LogP) is -0.0263. The summed E-state index contributed by atoms with van der Waals surface area (Å²) in [5, 5.41) is 17.3. The molecule has 1 aromatic heterocycles. The van der Waals surface area contributed by atoms with E-state index in [-0.39, 0.29) is 0 Å². The third-order valence-electron chi connectivity index (χ3n) is 2.33. The van der Waals surface area contributed by atoms with Crippen LogP contribution >= 0.6 is 0 Å². The number of rotatable bonds is 8. The molecule has 6 heteroatoms. The molecular weight excluding hydrogens is 248 g/mol. The molecule has 1 aromatic rings. The van der Waals surface area contributed by atoms with E-state index in [4.69, 9.17) is 9.84 Å². The Morgan fingerprint density at radius 1 is 1.47 bits per heavy atom. The summed E-state index contributed by atoms with van der Waals surface area (Å²) in [4.78, 5) is 12.3. The van der Waals surface area contributed by atoms with E-state index in [2.05, 4.69) is 11.9 Å². The molecule has 2 N–H and O–H groups in total. The van der Waals surface area contributed by atoms with E-state index < -0.39 is 12.1 Å². The standard InChI is InChI=1S/C10H18N2O.C3H6O3/c1-2-3-4-5-8-13-10-12-7-6-11-9-12;1-2(4)3(5)6/h6-7,9H,2-5,8,10H2,1H3;2,4H,1H3,(H,5,6). The molecule has 0 saturated heterocycles. The number of H-pyrrole nitrogens is 1. The highest BCUT2D eigenvalue weighted by Crippen LogP contribution is 1.98. The lowest BCUT2D eigenvalue weighted by molar-refractivity contribution is -0.731. The number of aliphatic hydroxyl groups excluding tert-OH is 1. The van der Waals surface area contributed by atoms with Crippen molar-refractivity contribution >= 4 is 5.97 Å². The largest absolute Gasteiger partial charge is 0.547 e. The Labute approximate surface area is 114 Å². The minimum Gasteiger partial charge on any atom is -0.547 e. The van der Waals surface area contributed by atoms with Gasteiger partial charge in [0.25, 0.3) is 0 Å². The van der Waals surface area contributed by atoms with E-state index in [9.17, 15) is 9.90 Å². The van der Waals surface area contributed by atoms with Crippen LogP contribution in [0.3, 0.4) is 0 Å². The minimum absolute atomic E-state index is 0.662. The molecule has 0 aliphatic heterocycles. The van der Waals surface area contributed by atoms with E-state index in [1.807, 2.05) is 23.3 Å². The Morgan fingerprint density at radius 3 is 2.63 bits per heavy atom. The molecule has 1 heterocycles. The summed E-state index contributed by atoms with van der Waals surface area (Å²) in [6.07, 6.45) is 9.48. The Morgan fingerprint density at radius 2 is 2.16 bits per heavy atom. The normalized spacial score (nSPS) is 11.5. The minimum atomic E-state index is -1.44. The predicted molar refractivity (Wildman–Crippen MR) is 67.8 cm³/mol. The number of hydrogen-bond donors (Lipinski definition) is 2. The van der Waals surface area contributed by atoms with Gasteiger partial charge in [0.15, 0.2) is 6.73 Å². The summed E-state index contributed by atoms with van der Waals surface area (Å²) in [6, 6.07) is 0. The second kappa shape index (κ2) is 11.7. The molecule has 19 heavy (non-hydrogen) atoms. The summed E-state index contributed by atoms with van der Waals surface area (Å²) >= 11 is 0. The van der Waals surface area contributed by atoms with Gasteiger partial charge in [-0.2, -0.15) is 0 Å². The highest BCUT2D eigenvalue weighted by atomic mass is 16.5. The van der Waals surface area contributed by atoms with Crippen LogP contribution in [0.4, 0.5) is 0 Å². The van der Waals surface area contributed by atoms with E-state index in [1.165, 1.54) is 25.7 Å². The van der Waals surface area contributed by atoms with Crippen LogP contribution in [0.2, 0.25) is 0 Å². The Hall–Kier alpha value is -1.40. The van der Waals surface area contributed by atoms with Crippen molar-refractivity contribution in [1.29, 1.82) is 0 Å². The highest BCUT2D eigenvalue weighted by molar-refractivity contribution is 5.68. The number of hydrogen-bond acceptors (Lipinski definition) is 4. The smallest absolute Gasteiger partial charge is 0.243 e. The number of aliphatic hydroxyl groups is 1. The first kappa shape index (κ1) is 17.6. The number of carboxylic acid groups (broad SMARTS) is 1. The highest BCUT2D eigenvalue weighted by Gasteiger charge is 1.95. The zero-order valence-electron chi connectivity index (χ0n) is 11.7. The van der Waals surface area contributed by atoms with Crippen molar-refractivity contribution in [3.05, 3.63) is 18.7 Å². The molecule has 0 spiro atoms. The number of unbranched alkanes of at least 4 members (excludes halogenated alkanes) is 3. The molecule has 0 bridgehead atoms. The van der Waals surface area contributed by atoms with Crippen molar-refractivity contribution in [2.24, 2.45) is 0 Å². The van der Waals surface area contributed by atoms with Gasteiger partial charge in [-0.1, -0.05) is 26.2 Å². The SMILES string of the molecule is CC(O)C(=O)[O-].CCCCCCOC[n+]1cc[nH]c1. The topological polar surface area (TPSA) is 89.3 Å². The van der Waals surface area contributed by atoms with Gasteiger partial charge in [-0.25, -0.2) is 4.57 Å². The maximum atomic E-state index is 9.34. The number of nitrogens with zero attached hydrogens (tertiary/aromatic N) is 1. The summed E-state index contributed by atoms with van der Waals surface area (Å²) in [6.45, 7) is 4.89. The first-order valence-electron chi connectivity index (χ1n) is 6.56. The van der Waals surface area contributed by atoms with Crippen molar-refractivity contribution in [3.8, 4) is 0 Å².